The Labute approximate surface area is 100 Å². The molecule has 4 heteroatoms. The number of esters is 1. The SMILES string of the molecule is COC(=O)C1(c2ccc(O)cc2)CC(CN)C1. The van der Waals surface area contributed by atoms with Crippen molar-refractivity contribution in [3.05, 3.63) is 29.8 Å². The summed E-state index contributed by atoms with van der Waals surface area (Å²) in [6.07, 6.45) is 1.45. The molecule has 0 bridgehead atoms. The van der Waals surface area contributed by atoms with Crippen molar-refractivity contribution in [3.8, 4) is 5.75 Å². The van der Waals surface area contributed by atoms with Gasteiger partial charge >= 0.3 is 5.97 Å². The van der Waals surface area contributed by atoms with Crippen LogP contribution in [-0.2, 0) is 14.9 Å². The van der Waals surface area contributed by atoms with Crippen molar-refractivity contribution in [1.82, 2.24) is 0 Å². The van der Waals surface area contributed by atoms with E-state index in [9.17, 15) is 9.90 Å². The zero-order valence-electron chi connectivity index (χ0n) is 9.85. The van der Waals surface area contributed by atoms with Crippen LogP contribution in [0.25, 0.3) is 0 Å². The van der Waals surface area contributed by atoms with Gasteiger partial charge in [-0.25, -0.2) is 0 Å². The summed E-state index contributed by atoms with van der Waals surface area (Å²) in [5.41, 5.74) is 5.94. The van der Waals surface area contributed by atoms with E-state index in [0.717, 1.165) is 18.4 Å². The van der Waals surface area contributed by atoms with Crippen molar-refractivity contribution in [3.63, 3.8) is 0 Å². The minimum atomic E-state index is -0.563. The number of phenolic OH excluding ortho intramolecular Hbond substituents is 1. The van der Waals surface area contributed by atoms with Crippen LogP contribution < -0.4 is 5.73 Å². The maximum Gasteiger partial charge on any atom is 0.316 e. The standard InChI is InChI=1S/C13H17NO3/c1-17-12(16)13(6-9(7-13)8-14)10-2-4-11(15)5-3-10/h2-5,9,15H,6-8,14H2,1H3. The molecule has 1 fully saturated rings. The van der Waals surface area contributed by atoms with Crippen LogP contribution >= 0.6 is 0 Å². The van der Waals surface area contributed by atoms with Crippen LogP contribution in [0.3, 0.4) is 0 Å². The number of hydrogen-bond donors (Lipinski definition) is 2. The van der Waals surface area contributed by atoms with Crippen LogP contribution in [-0.4, -0.2) is 24.7 Å². The average molecular weight is 235 g/mol. The molecule has 1 aliphatic rings. The van der Waals surface area contributed by atoms with Crippen LogP contribution in [0, 0.1) is 5.92 Å². The zero-order valence-corrected chi connectivity index (χ0v) is 9.85. The number of benzene rings is 1. The van der Waals surface area contributed by atoms with Gasteiger partial charge < -0.3 is 15.6 Å². The predicted molar refractivity (Wildman–Crippen MR) is 63.6 cm³/mol. The number of phenols is 1. The number of carbonyl (C=O) groups excluding carboxylic acids is 1. The van der Waals surface area contributed by atoms with Crippen LogP contribution in [0.15, 0.2) is 24.3 Å². The quantitative estimate of drug-likeness (QED) is 0.771. The van der Waals surface area contributed by atoms with Crippen molar-refractivity contribution in [1.29, 1.82) is 0 Å². The van der Waals surface area contributed by atoms with Crippen LogP contribution in [0.2, 0.25) is 0 Å². The maximum absolute atomic E-state index is 11.9. The van der Waals surface area contributed by atoms with Gasteiger partial charge in [-0.3, -0.25) is 4.79 Å². The Bertz CT molecular complexity index is 407. The largest absolute Gasteiger partial charge is 0.508 e. The van der Waals surface area contributed by atoms with E-state index in [1.54, 1.807) is 24.3 Å². The summed E-state index contributed by atoms with van der Waals surface area (Å²) in [6, 6.07) is 6.74. The molecule has 0 saturated heterocycles. The summed E-state index contributed by atoms with van der Waals surface area (Å²) in [6.45, 7) is 0.594. The van der Waals surface area contributed by atoms with Gasteiger partial charge in [-0.2, -0.15) is 0 Å². The molecular formula is C13H17NO3. The van der Waals surface area contributed by atoms with Crippen LogP contribution in [0.5, 0.6) is 5.75 Å². The van der Waals surface area contributed by atoms with E-state index in [2.05, 4.69) is 0 Å². The van der Waals surface area contributed by atoms with Gasteiger partial charge in [0.05, 0.1) is 12.5 Å². The van der Waals surface area contributed by atoms with E-state index in [1.165, 1.54) is 7.11 Å². The third-order valence-electron chi connectivity index (χ3n) is 3.60. The zero-order chi connectivity index (χ0) is 12.5. The summed E-state index contributed by atoms with van der Waals surface area (Å²) in [7, 11) is 1.40. The molecule has 17 heavy (non-hydrogen) atoms. The van der Waals surface area contributed by atoms with E-state index in [0.29, 0.717) is 12.5 Å². The number of methoxy groups -OCH3 is 1. The van der Waals surface area contributed by atoms with Crippen molar-refractivity contribution < 1.29 is 14.6 Å². The number of carbonyl (C=O) groups is 1. The van der Waals surface area contributed by atoms with E-state index in [1.807, 2.05) is 0 Å². The maximum atomic E-state index is 11.9. The first-order chi connectivity index (χ1) is 8.12. The normalized spacial score (nSPS) is 27.3. The van der Waals surface area contributed by atoms with E-state index in [-0.39, 0.29) is 11.7 Å². The first kappa shape index (κ1) is 11.9. The number of ether oxygens (including phenoxy) is 1. The fourth-order valence-corrected chi connectivity index (χ4v) is 2.59. The molecule has 1 aliphatic carbocycles. The lowest BCUT2D eigenvalue weighted by atomic mass is 9.58. The highest BCUT2D eigenvalue weighted by Gasteiger charge is 2.51. The Morgan fingerprint density at radius 1 is 1.47 bits per heavy atom. The molecule has 0 amide bonds. The Kier molecular flexibility index (Phi) is 3.07. The van der Waals surface area contributed by atoms with Crippen molar-refractivity contribution in [2.24, 2.45) is 11.7 Å². The molecule has 1 saturated carbocycles. The van der Waals surface area contributed by atoms with Crippen LogP contribution in [0.1, 0.15) is 18.4 Å². The highest BCUT2D eigenvalue weighted by atomic mass is 16.5. The third kappa shape index (κ3) is 1.89. The summed E-state index contributed by atoms with van der Waals surface area (Å²) in [5.74, 6) is 0.360. The minimum Gasteiger partial charge on any atom is -0.508 e. The molecule has 0 heterocycles. The summed E-state index contributed by atoms with van der Waals surface area (Å²) in [4.78, 5) is 11.9. The fourth-order valence-electron chi connectivity index (χ4n) is 2.59. The van der Waals surface area contributed by atoms with Crippen molar-refractivity contribution >= 4 is 5.97 Å². The molecule has 0 aromatic heterocycles. The van der Waals surface area contributed by atoms with Gasteiger partial charge in [0.25, 0.3) is 0 Å². The summed E-state index contributed by atoms with van der Waals surface area (Å²) >= 11 is 0. The van der Waals surface area contributed by atoms with Gasteiger partial charge in [0.1, 0.15) is 5.75 Å². The molecule has 92 valence electrons. The van der Waals surface area contributed by atoms with Gasteiger partial charge in [-0.15, -0.1) is 0 Å². The minimum absolute atomic E-state index is 0.198. The Hall–Kier alpha value is -1.55. The predicted octanol–water partition coefficient (Wildman–Crippen LogP) is 1.17. The molecule has 0 atom stereocenters. The van der Waals surface area contributed by atoms with E-state index < -0.39 is 5.41 Å². The first-order valence-electron chi connectivity index (χ1n) is 5.70. The molecule has 1 aromatic carbocycles. The molecule has 0 aliphatic heterocycles. The first-order valence-corrected chi connectivity index (χ1v) is 5.70. The highest BCUT2D eigenvalue weighted by molar-refractivity contribution is 5.84. The van der Waals surface area contributed by atoms with Gasteiger partial charge in [0.2, 0.25) is 0 Å². The second-order valence-corrected chi connectivity index (χ2v) is 4.63. The molecule has 2 rings (SSSR count). The monoisotopic (exact) mass is 235 g/mol. The van der Waals surface area contributed by atoms with Gasteiger partial charge in [-0.1, -0.05) is 12.1 Å². The van der Waals surface area contributed by atoms with E-state index in [4.69, 9.17) is 10.5 Å². The number of rotatable bonds is 3. The molecule has 1 aromatic rings. The average Bonchev–Trinajstić information content (AvgIpc) is 2.30. The Balaban J connectivity index is 2.29. The molecule has 0 spiro atoms. The third-order valence-corrected chi connectivity index (χ3v) is 3.60. The molecule has 4 nitrogen and oxygen atoms in total. The lowest BCUT2D eigenvalue weighted by molar-refractivity contribution is -0.153. The smallest absolute Gasteiger partial charge is 0.316 e. The number of nitrogens with two attached hydrogens (primary N) is 1. The topological polar surface area (TPSA) is 72.5 Å². The Morgan fingerprint density at radius 3 is 2.53 bits per heavy atom. The second kappa shape index (κ2) is 4.37. The van der Waals surface area contributed by atoms with Gasteiger partial charge in [0, 0.05) is 0 Å². The van der Waals surface area contributed by atoms with Gasteiger partial charge in [0.15, 0.2) is 0 Å². The van der Waals surface area contributed by atoms with Crippen molar-refractivity contribution in [2.45, 2.75) is 18.3 Å². The lowest BCUT2D eigenvalue weighted by Gasteiger charge is -2.45. The van der Waals surface area contributed by atoms with Crippen LogP contribution in [0.4, 0.5) is 0 Å². The highest BCUT2D eigenvalue weighted by Crippen LogP contribution is 2.48. The van der Waals surface area contributed by atoms with E-state index >= 15 is 0 Å². The Morgan fingerprint density at radius 2 is 2.06 bits per heavy atom. The van der Waals surface area contributed by atoms with Crippen molar-refractivity contribution in [2.75, 3.05) is 13.7 Å². The molecule has 0 unspecified atom stereocenters. The number of aromatic hydroxyl groups is 1. The van der Waals surface area contributed by atoms with Gasteiger partial charge in [-0.05, 0) is 43.0 Å². The number of hydrogen-bond acceptors (Lipinski definition) is 4. The molecule has 0 radical (unpaired) electrons. The lowest BCUT2D eigenvalue weighted by Crippen LogP contribution is -2.50. The summed E-state index contributed by atoms with van der Waals surface area (Å²) in [5, 5.41) is 9.27. The molecule has 3 N–H and O–H groups in total. The fraction of sp³-hybridized carbons (Fsp3) is 0.462. The molecular weight excluding hydrogens is 218 g/mol. The summed E-state index contributed by atoms with van der Waals surface area (Å²) < 4.78 is 4.89. The second-order valence-electron chi connectivity index (χ2n) is 4.63.